The van der Waals surface area contributed by atoms with Crippen LogP contribution in [0.3, 0.4) is 0 Å². The van der Waals surface area contributed by atoms with Crippen molar-refractivity contribution in [2.24, 2.45) is 10.8 Å². The number of ether oxygens (including phenoxy) is 3. The van der Waals surface area contributed by atoms with Crippen molar-refractivity contribution in [3.05, 3.63) is 88.0 Å². The Morgan fingerprint density at radius 3 is 1.58 bits per heavy atom. The lowest BCUT2D eigenvalue weighted by atomic mass is 9.63. The van der Waals surface area contributed by atoms with Crippen LogP contribution in [0.5, 0.6) is 5.75 Å². The summed E-state index contributed by atoms with van der Waals surface area (Å²) in [6.07, 6.45) is -11.3. The van der Waals surface area contributed by atoms with Crippen LogP contribution in [-0.4, -0.2) is 30.2 Å². The van der Waals surface area contributed by atoms with E-state index in [-0.39, 0.29) is 43.7 Å². The summed E-state index contributed by atoms with van der Waals surface area (Å²) in [5.41, 5.74) is -5.84. The maximum atomic E-state index is 14.6. The number of hydrogen-bond acceptors (Lipinski definition) is 3. The Kier molecular flexibility index (Phi) is 11.8. The highest BCUT2D eigenvalue weighted by atomic mass is 19.4. The zero-order chi connectivity index (χ0) is 40.8. The van der Waals surface area contributed by atoms with E-state index in [1.54, 1.807) is 6.92 Å². The van der Waals surface area contributed by atoms with Gasteiger partial charge in [0.05, 0.1) is 36.4 Å². The normalized spacial score (nSPS) is 27.7. The number of benzene rings is 2. The van der Waals surface area contributed by atoms with Gasteiger partial charge in [0.2, 0.25) is 5.82 Å². The lowest BCUT2D eigenvalue weighted by Gasteiger charge is -2.48. The molecule has 0 saturated heterocycles. The summed E-state index contributed by atoms with van der Waals surface area (Å²) in [7, 11) is 0. The molecular weight excluding hydrogens is 770 g/mol. The van der Waals surface area contributed by atoms with Gasteiger partial charge in [-0.3, -0.25) is 0 Å². The molecule has 8 rings (SSSR count). The van der Waals surface area contributed by atoms with E-state index in [0.717, 1.165) is 12.1 Å². The Bertz CT molecular complexity index is 1780. The summed E-state index contributed by atoms with van der Waals surface area (Å²) < 4.78 is 202. The molecule has 6 aliphatic rings. The molecule has 2 aromatic rings. The maximum Gasteiger partial charge on any atom is 0.392 e. The molecule has 17 heteroatoms. The molecule has 0 N–H and O–H groups in total. The van der Waals surface area contributed by atoms with Crippen LogP contribution < -0.4 is 4.74 Å². The number of aryl methyl sites for hydroxylation is 1. The minimum atomic E-state index is -4.60. The maximum absolute atomic E-state index is 14.6. The van der Waals surface area contributed by atoms with Gasteiger partial charge in [0.1, 0.15) is 11.7 Å². The summed E-state index contributed by atoms with van der Waals surface area (Å²) in [5.74, 6) is -7.74. The lowest BCUT2D eigenvalue weighted by molar-refractivity contribution is -0.306. The molecule has 55 heavy (non-hydrogen) atoms. The Labute approximate surface area is 307 Å². The van der Waals surface area contributed by atoms with E-state index in [1.807, 2.05) is 6.92 Å². The topological polar surface area (TPSA) is 27.7 Å². The Balaban J connectivity index is 0.000000211. The molecule has 0 radical (unpaired) electrons. The molecule has 4 bridgehead atoms. The minimum Gasteiger partial charge on any atom is -0.490 e. The van der Waals surface area contributed by atoms with E-state index in [1.165, 1.54) is 12.1 Å². The predicted octanol–water partition coefficient (Wildman–Crippen LogP) is 12.7. The van der Waals surface area contributed by atoms with E-state index in [0.29, 0.717) is 37.8 Å². The molecule has 3 nitrogen and oxygen atoms in total. The fourth-order valence-electron chi connectivity index (χ4n) is 7.23. The van der Waals surface area contributed by atoms with Crippen molar-refractivity contribution >= 4 is 0 Å². The lowest BCUT2D eigenvalue weighted by Crippen LogP contribution is -2.47. The van der Waals surface area contributed by atoms with Gasteiger partial charge < -0.3 is 14.2 Å². The van der Waals surface area contributed by atoms with Crippen LogP contribution in [0.2, 0.25) is 0 Å². The van der Waals surface area contributed by atoms with Crippen LogP contribution in [0.25, 0.3) is 0 Å². The van der Waals surface area contributed by atoms with Crippen LogP contribution in [0.4, 0.5) is 61.5 Å². The second-order valence-electron chi connectivity index (χ2n) is 15.2. The van der Waals surface area contributed by atoms with Crippen LogP contribution in [0, 0.1) is 34.1 Å². The zero-order valence-electron chi connectivity index (χ0n) is 29.7. The van der Waals surface area contributed by atoms with Crippen LogP contribution in [-0.2, 0) is 28.6 Å². The molecule has 0 aromatic heterocycles. The molecule has 306 valence electrons. The summed E-state index contributed by atoms with van der Waals surface area (Å²) in [4.78, 5) is 0. The number of halogens is 14. The fraction of sp³-hybridized carbons (Fsp3) is 0.579. The van der Waals surface area contributed by atoms with Gasteiger partial charge in [-0.2, -0.15) is 39.5 Å². The van der Waals surface area contributed by atoms with E-state index >= 15 is 0 Å². The number of fused-ring (bicyclic) bond motifs is 4. The fourth-order valence-corrected chi connectivity index (χ4v) is 7.23. The summed E-state index contributed by atoms with van der Waals surface area (Å²) in [5, 5.41) is 0. The largest absolute Gasteiger partial charge is 0.490 e. The summed E-state index contributed by atoms with van der Waals surface area (Å²) in [6, 6.07) is 3.47. The van der Waals surface area contributed by atoms with Crippen molar-refractivity contribution in [3.63, 3.8) is 0 Å². The second-order valence-corrected chi connectivity index (χ2v) is 15.2. The average molecular weight is 809 g/mol. The van der Waals surface area contributed by atoms with Crippen molar-refractivity contribution in [2.75, 3.05) is 6.61 Å². The third-order valence-electron chi connectivity index (χ3n) is 11.1. The quantitative estimate of drug-likeness (QED) is 0.212. The smallest absolute Gasteiger partial charge is 0.392 e. The number of rotatable bonds is 11. The highest BCUT2D eigenvalue weighted by Crippen LogP contribution is 2.56. The van der Waals surface area contributed by atoms with E-state index in [9.17, 15) is 61.5 Å². The van der Waals surface area contributed by atoms with Gasteiger partial charge in [0.15, 0.2) is 23.2 Å². The second kappa shape index (κ2) is 15.2. The molecule has 0 amide bonds. The predicted molar refractivity (Wildman–Crippen MR) is 170 cm³/mol. The van der Waals surface area contributed by atoms with Gasteiger partial charge in [-0.1, -0.05) is 19.9 Å². The molecule has 2 fully saturated rings. The van der Waals surface area contributed by atoms with Gasteiger partial charge in [0.25, 0.3) is 0 Å². The van der Waals surface area contributed by atoms with Crippen molar-refractivity contribution in [2.45, 2.75) is 121 Å². The van der Waals surface area contributed by atoms with Crippen molar-refractivity contribution in [1.82, 2.24) is 0 Å². The highest BCUT2D eigenvalue weighted by Gasteiger charge is 2.54. The molecule has 2 saturated carbocycles. The molecule has 0 unspecified atom stereocenters. The summed E-state index contributed by atoms with van der Waals surface area (Å²) >= 11 is 0. The average Bonchev–Trinajstić information content (AvgIpc) is 3.08. The van der Waals surface area contributed by atoms with Gasteiger partial charge >= 0.3 is 18.5 Å². The third-order valence-corrected chi connectivity index (χ3v) is 11.1. The Hall–Kier alpha value is -3.34. The number of alkyl halides is 8. The summed E-state index contributed by atoms with van der Waals surface area (Å²) in [6.45, 7) is 2.46. The zero-order valence-corrected chi connectivity index (χ0v) is 29.7. The molecule has 0 heterocycles. The minimum absolute atomic E-state index is 0.0975. The van der Waals surface area contributed by atoms with E-state index < -0.39 is 112 Å². The third kappa shape index (κ3) is 9.62. The van der Waals surface area contributed by atoms with Crippen molar-refractivity contribution < 1.29 is 75.7 Å². The van der Waals surface area contributed by atoms with Crippen LogP contribution in [0.1, 0.15) is 94.7 Å². The molecule has 0 atom stereocenters. The van der Waals surface area contributed by atoms with E-state index in [2.05, 4.69) is 4.74 Å². The van der Waals surface area contributed by atoms with Crippen molar-refractivity contribution in [1.29, 1.82) is 0 Å². The Morgan fingerprint density at radius 2 is 1.05 bits per heavy atom. The van der Waals surface area contributed by atoms with Gasteiger partial charge in [0, 0.05) is 22.8 Å². The SMILES string of the molecule is CC12CCC(OC(F)(F)c3ccc(CCC(F)(F)F)c(F)c3F)(C=C1F)CC2.CC12CCC(OCc3ccc(OCCC(F)(F)F)c(F)c3F)(C=C1F)CC2. The first-order valence-electron chi connectivity index (χ1n) is 17.5. The molecule has 0 aliphatic heterocycles. The standard InChI is InChI=1S/C19H18F8O.C19H20F6O2/c1-16-6-8-17(9-7-16,10-13(16)20)28-19(26,27)12-3-2-11(14(21)15(12)22)4-5-18(23,24)25;1-17-4-6-18(7-5-17,10-14(17)20)27-11-12-2-3-13(16(22)15(12)21)26-9-8-19(23,24)25/h2-3,10H,4-9H2,1H3;2-3,10H,4-9,11H2,1H3. The van der Waals surface area contributed by atoms with Crippen LogP contribution in [0.15, 0.2) is 48.1 Å². The molecular formula is C38H38F14O3. The Morgan fingerprint density at radius 1 is 0.564 bits per heavy atom. The number of hydrogen-bond donors (Lipinski definition) is 0. The molecule has 6 aliphatic carbocycles. The van der Waals surface area contributed by atoms with Crippen LogP contribution >= 0.6 is 0 Å². The van der Waals surface area contributed by atoms with Gasteiger partial charge in [-0.15, -0.1) is 0 Å². The van der Waals surface area contributed by atoms with E-state index in [4.69, 9.17) is 9.47 Å². The van der Waals surface area contributed by atoms with Crippen molar-refractivity contribution in [3.8, 4) is 5.75 Å². The van der Waals surface area contributed by atoms with Gasteiger partial charge in [-0.25, -0.2) is 22.0 Å². The first-order chi connectivity index (χ1) is 25.3. The monoisotopic (exact) mass is 808 g/mol. The number of allylic oxidation sites excluding steroid dienone is 2. The molecule has 0 spiro atoms. The highest BCUT2D eigenvalue weighted by molar-refractivity contribution is 5.32. The molecule has 2 aromatic carbocycles. The first-order valence-corrected chi connectivity index (χ1v) is 17.5. The first kappa shape index (κ1) is 42.8. The van der Waals surface area contributed by atoms with Gasteiger partial charge in [-0.05, 0) is 93.7 Å².